The van der Waals surface area contributed by atoms with Gasteiger partial charge in [-0.3, -0.25) is 4.79 Å². The third-order valence-corrected chi connectivity index (χ3v) is 5.28. The van der Waals surface area contributed by atoms with Gasteiger partial charge in [-0.15, -0.1) is 0 Å². The van der Waals surface area contributed by atoms with Crippen molar-refractivity contribution in [3.8, 4) is 0 Å². The lowest BCUT2D eigenvalue weighted by atomic mass is 9.92. The van der Waals surface area contributed by atoms with Crippen molar-refractivity contribution in [3.05, 3.63) is 67.7 Å². The summed E-state index contributed by atoms with van der Waals surface area (Å²) in [5.41, 5.74) is -1.72. The number of benzene rings is 2. The minimum absolute atomic E-state index is 0.0823. The van der Waals surface area contributed by atoms with E-state index in [-0.39, 0.29) is 34.8 Å². The van der Waals surface area contributed by atoms with Crippen molar-refractivity contribution in [2.75, 3.05) is 0 Å². The summed E-state index contributed by atoms with van der Waals surface area (Å²) in [5, 5.41) is -1.27. The minimum Gasteiger partial charge on any atom is -0.326 e. The van der Waals surface area contributed by atoms with Crippen molar-refractivity contribution in [2.45, 2.75) is 31.0 Å². The number of hydrogen-bond acceptors (Lipinski definition) is 2. The van der Waals surface area contributed by atoms with Gasteiger partial charge < -0.3 is 5.73 Å². The Balaban J connectivity index is 2.46. The first kappa shape index (κ1) is 24.7. The molecule has 0 amide bonds. The summed E-state index contributed by atoms with van der Waals surface area (Å²) in [7, 11) is 0. The van der Waals surface area contributed by atoms with Gasteiger partial charge in [0.25, 0.3) is 0 Å². The number of Topliss-reactive ketones (excluding diaryl/α,β-unsaturated/α-hetero) is 1. The minimum atomic E-state index is -6.32. The van der Waals surface area contributed by atoms with E-state index in [0.29, 0.717) is 5.56 Å². The number of hydrogen-bond donors (Lipinski definition) is 1. The summed E-state index contributed by atoms with van der Waals surface area (Å²) in [4.78, 5) is 12.4. The second-order valence-electron chi connectivity index (χ2n) is 6.18. The Hall–Kier alpha value is -1.55. The Labute approximate surface area is 180 Å². The predicted octanol–water partition coefficient (Wildman–Crippen LogP) is 6.82. The monoisotopic (exact) mass is 495 g/mol. The standard InChI is InChI=1S/C18H11Cl3F7NO/c19-12-3-8(1-2-9(12)7-29)15(30)6-11-13(20)4-10(5-14(11)21)16(22,17(23,24)25)18(26,27)28/h1-5H,6-7,29H2. The van der Waals surface area contributed by atoms with Gasteiger partial charge in [0.1, 0.15) is 0 Å². The number of carbonyl (C=O) groups excluding carboxylic acids is 1. The van der Waals surface area contributed by atoms with Crippen LogP contribution in [0.2, 0.25) is 15.1 Å². The van der Waals surface area contributed by atoms with Crippen molar-refractivity contribution in [2.24, 2.45) is 5.73 Å². The van der Waals surface area contributed by atoms with Crippen LogP contribution in [0, 0.1) is 0 Å². The highest BCUT2D eigenvalue weighted by molar-refractivity contribution is 6.36. The summed E-state index contributed by atoms with van der Waals surface area (Å²) < 4.78 is 91.8. The van der Waals surface area contributed by atoms with E-state index in [4.69, 9.17) is 40.5 Å². The molecule has 2 rings (SSSR count). The average molecular weight is 497 g/mol. The zero-order chi connectivity index (χ0) is 23.1. The molecule has 0 aliphatic heterocycles. The van der Waals surface area contributed by atoms with Gasteiger partial charge in [0.05, 0.1) is 0 Å². The molecule has 12 heteroatoms. The van der Waals surface area contributed by atoms with E-state index in [1.165, 1.54) is 18.2 Å². The van der Waals surface area contributed by atoms with E-state index in [2.05, 4.69) is 0 Å². The van der Waals surface area contributed by atoms with Crippen LogP contribution < -0.4 is 5.73 Å². The molecule has 0 aromatic heterocycles. The van der Waals surface area contributed by atoms with Crippen molar-refractivity contribution in [1.29, 1.82) is 0 Å². The number of carbonyl (C=O) groups is 1. The largest absolute Gasteiger partial charge is 0.435 e. The average Bonchev–Trinajstić information content (AvgIpc) is 2.61. The fourth-order valence-corrected chi connectivity index (χ4v) is 3.49. The molecule has 0 heterocycles. The van der Waals surface area contributed by atoms with E-state index >= 15 is 0 Å². The number of nitrogens with two attached hydrogens (primary N) is 1. The van der Waals surface area contributed by atoms with E-state index in [1.54, 1.807) is 0 Å². The molecule has 0 spiro atoms. The number of halogens is 10. The fourth-order valence-electron chi connectivity index (χ4n) is 2.61. The van der Waals surface area contributed by atoms with E-state index in [1.807, 2.05) is 0 Å². The summed E-state index contributed by atoms with van der Waals surface area (Å²) in [6, 6.07) is 4.46. The van der Waals surface area contributed by atoms with Crippen LogP contribution in [0.5, 0.6) is 0 Å². The van der Waals surface area contributed by atoms with E-state index in [9.17, 15) is 35.5 Å². The molecule has 0 fully saturated rings. The Bertz CT molecular complexity index is 936. The zero-order valence-corrected chi connectivity index (χ0v) is 16.8. The van der Waals surface area contributed by atoms with Gasteiger partial charge in [-0.1, -0.05) is 46.9 Å². The zero-order valence-electron chi connectivity index (χ0n) is 14.6. The van der Waals surface area contributed by atoms with Crippen molar-refractivity contribution < 1.29 is 35.5 Å². The van der Waals surface area contributed by atoms with Crippen LogP contribution in [0.25, 0.3) is 0 Å². The Morgan fingerprint density at radius 2 is 1.33 bits per heavy atom. The molecule has 2 N–H and O–H groups in total. The van der Waals surface area contributed by atoms with Gasteiger partial charge in [-0.2, -0.15) is 26.3 Å². The van der Waals surface area contributed by atoms with Crippen LogP contribution in [0.3, 0.4) is 0 Å². The normalized spacial score (nSPS) is 12.9. The molecule has 2 aromatic rings. The van der Waals surface area contributed by atoms with Crippen LogP contribution in [0.1, 0.15) is 27.0 Å². The number of rotatable bonds is 5. The first-order valence-electron chi connectivity index (χ1n) is 7.96. The van der Waals surface area contributed by atoms with Gasteiger partial charge in [0, 0.05) is 39.2 Å². The van der Waals surface area contributed by atoms with Crippen LogP contribution in [0.15, 0.2) is 30.3 Å². The van der Waals surface area contributed by atoms with Gasteiger partial charge >= 0.3 is 18.0 Å². The summed E-state index contributed by atoms with van der Waals surface area (Å²) in [5.74, 6) is -0.629. The molecule has 2 nitrogen and oxygen atoms in total. The summed E-state index contributed by atoms with van der Waals surface area (Å²) in [6.45, 7) is 0.107. The molecule has 0 aliphatic rings. The fraction of sp³-hybridized carbons (Fsp3) is 0.278. The molecule has 164 valence electrons. The van der Waals surface area contributed by atoms with Crippen molar-refractivity contribution in [1.82, 2.24) is 0 Å². The highest BCUT2D eigenvalue weighted by Crippen LogP contribution is 2.54. The number of ketones is 1. The molecule has 2 aromatic carbocycles. The lowest BCUT2D eigenvalue weighted by Crippen LogP contribution is -2.50. The summed E-state index contributed by atoms with van der Waals surface area (Å²) in [6.07, 6.45) is -13.2. The maximum Gasteiger partial charge on any atom is 0.435 e. The van der Waals surface area contributed by atoms with Crippen LogP contribution >= 0.6 is 34.8 Å². The smallest absolute Gasteiger partial charge is 0.326 e. The molecule has 0 unspecified atom stereocenters. The van der Waals surface area contributed by atoms with Crippen LogP contribution in [-0.2, 0) is 18.6 Å². The molecule has 30 heavy (non-hydrogen) atoms. The summed E-state index contributed by atoms with van der Waals surface area (Å²) >= 11 is 17.5. The molecule has 0 atom stereocenters. The van der Waals surface area contributed by atoms with Crippen LogP contribution in [-0.4, -0.2) is 18.1 Å². The highest BCUT2D eigenvalue weighted by atomic mass is 35.5. The van der Waals surface area contributed by atoms with Crippen molar-refractivity contribution >= 4 is 40.6 Å². The van der Waals surface area contributed by atoms with E-state index in [0.717, 1.165) is 0 Å². The first-order valence-corrected chi connectivity index (χ1v) is 9.09. The Kier molecular flexibility index (Phi) is 7.03. The molecular weight excluding hydrogens is 486 g/mol. The first-order chi connectivity index (χ1) is 13.6. The van der Waals surface area contributed by atoms with E-state index < -0.39 is 45.8 Å². The third kappa shape index (κ3) is 4.54. The molecule has 0 aliphatic carbocycles. The molecular formula is C18H11Cl3F7NO. The van der Waals surface area contributed by atoms with Crippen molar-refractivity contribution in [3.63, 3.8) is 0 Å². The Morgan fingerprint density at radius 3 is 1.73 bits per heavy atom. The number of alkyl halides is 7. The quantitative estimate of drug-likeness (QED) is 0.365. The second-order valence-corrected chi connectivity index (χ2v) is 7.40. The highest BCUT2D eigenvalue weighted by Gasteiger charge is 2.73. The SMILES string of the molecule is NCc1ccc(C(=O)Cc2c(Cl)cc(C(F)(C(F)(F)F)C(F)(F)F)cc2Cl)cc1Cl. The second kappa shape index (κ2) is 8.53. The predicted molar refractivity (Wildman–Crippen MR) is 98.7 cm³/mol. The van der Waals surface area contributed by atoms with Crippen LogP contribution in [0.4, 0.5) is 30.7 Å². The van der Waals surface area contributed by atoms with Gasteiger partial charge in [0.15, 0.2) is 5.78 Å². The molecule has 0 saturated heterocycles. The lowest BCUT2D eigenvalue weighted by molar-refractivity contribution is -0.348. The lowest BCUT2D eigenvalue weighted by Gasteiger charge is -2.30. The third-order valence-electron chi connectivity index (χ3n) is 4.25. The molecule has 0 bridgehead atoms. The maximum atomic E-state index is 14.2. The maximum absolute atomic E-state index is 14.2. The van der Waals surface area contributed by atoms with Gasteiger partial charge in [-0.25, -0.2) is 4.39 Å². The topological polar surface area (TPSA) is 43.1 Å². The Morgan fingerprint density at radius 1 is 0.833 bits per heavy atom. The molecule has 0 radical (unpaired) electrons. The van der Waals surface area contributed by atoms with Gasteiger partial charge in [0.2, 0.25) is 0 Å². The molecule has 0 saturated carbocycles. The van der Waals surface area contributed by atoms with Gasteiger partial charge in [-0.05, 0) is 29.3 Å².